The van der Waals surface area contributed by atoms with E-state index in [-0.39, 0.29) is 34.5 Å². The lowest BCUT2D eigenvalue weighted by Gasteiger charge is -2.12. The second-order valence-electron chi connectivity index (χ2n) is 5.69. The molecule has 0 aliphatic carbocycles. The molecule has 3 nitrogen and oxygen atoms in total. The van der Waals surface area contributed by atoms with Crippen LogP contribution in [-0.2, 0) is 13.2 Å². The Morgan fingerprint density at radius 1 is 0.889 bits per heavy atom. The van der Waals surface area contributed by atoms with E-state index < -0.39 is 28.8 Å². The normalized spacial score (nSPS) is 10.9. The van der Waals surface area contributed by atoms with Gasteiger partial charge in [0.05, 0.1) is 6.54 Å². The average Bonchev–Trinajstić information content (AvgIpc) is 2.61. The summed E-state index contributed by atoms with van der Waals surface area (Å²) in [5, 5.41) is 0. The second kappa shape index (κ2) is 7.96. The highest BCUT2D eigenvalue weighted by atomic mass is 79.9. The van der Waals surface area contributed by atoms with Crippen molar-refractivity contribution in [3.63, 3.8) is 0 Å². The van der Waals surface area contributed by atoms with Gasteiger partial charge in [-0.25, -0.2) is 17.6 Å². The molecule has 1 aromatic heterocycles. The SMILES string of the molecule is O=c1c(Br)c(OCc2ccc(F)cc2F)ccn1Cc1ccc(F)cc1F. The van der Waals surface area contributed by atoms with Crippen LogP contribution in [0.5, 0.6) is 5.75 Å². The minimum absolute atomic E-state index is 0.0649. The molecule has 0 N–H and O–H groups in total. The summed E-state index contributed by atoms with van der Waals surface area (Å²) < 4.78 is 60.0. The van der Waals surface area contributed by atoms with Crippen molar-refractivity contribution in [3.05, 3.63) is 97.9 Å². The Balaban J connectivity index is 1.79. The van der Waals surface area contributed by atoms with E-state index in [1.165, 1.54) is 29.0 Å². The molecule has 27 heavy (non-hydrogen) atoms. The topological polar surface area (TPSA) is 31.2 Å². The molecule has 0 unspecified atom stereocenters. The molecule has 0 bridgehead atoms. The van der Waals surface area contributed by atoms with E-state index >= 15 is 0 Å². The second-order valence-corrected chi connectivity index (χ2v) is 6.48. The molecule has 0 spiro atoms. The summed E-state index contributed by atoms with van der Waals surface area (Å²) in [5.41, 5.74) is -0.232. The van der Waals surface area contributed by atoms with Crippen molar-refractivity contribution in [1.82, 2.24) is 4.57 Å². The smallest absolute Gasteiger partial charge is 0.268 e. The summed E-state index contributed by atoms with van der Waals surface area (Å²) in [6, 6.07) is 7.64. The van der Waals surface area contributed by atoms with Gasteiger partial charge >= 0.3 is 0 Å². The molecule has 3 aromatic rings. The van der Waals surface area contributed by atoms with Crippen LogP contribution in [-0.4, -0.2) is 4.57 Å². The highest BCUT2D eigenvalue weighted by molar-refractivity contribution is 9.10. The standard InChI is InChI=1S/C19H12BrF4NO2/c20-18-17(27-10-12-2-4-14(22)8-16(12)24)5-6-25(19(18)26)9-11-1-3-13(21)7-15(11)23/h1-8H,9-10H2. The fourth-order valence-corrected chi connectivity index (χ4v) is 2.87. The van der Waals surface area contributed by atoms with Gasteiger partial charge in [-0.2, -0.15) is 0 Å². The first-order valence-electron chi connectivity index (χ1n) is 7.75. The first-order valence-corrected chi connectivity index (χ1v) is 8.54. The van der Waals surface area contributed by atoms with Gasteiger partial charge in [-0.05, 0) is 40.2 Å². The number of benzene rings is 2. The number of pyridine rings is 1. The third-order valence-corrected chi connectivity index (χ3v) is 4.55. The molecule has 140 valence electrons. The maximum Gasteiger partial charge on any atom is 0.268 e. The molecule has 0 atom stereocenters. The number of ether oxygens (including phenoxy) is 1. The number of hydrogen-bond donors (Lipinski definition) is 0. The van der Waals surface area contributed by atoms with Gasteiger partial charge in [0.2, 0.25) is 0 Å². The summed E-state index contributed by atoms with van der Waals surface area (Å²) in [5.74, 6) is -2.77. The molecule has 3 rings (SSSR count). The van der Waals surface area contributed by atoms with Gasteiger partial charge in [0.1, 0.15) is 40.1 Å². The van der Waals surface area contributed by atoms with Gasteiger partial charge in [-0.1, -0.05) is 6.07 Å². The summed E-state index contributed by atoms with van der Waals surface area (Å²) in [4.78, 5) is 12.4. The zero-order valence-electron chi connectivity index (χ0n) is 13.7. The number of aromatic nitrogens is 1. The maximum atomic E-state index is 13.8. The monoisotopic (exact) mass is 441 g/mol. The van der Waals surface area contributed by atoms with Gasteiger partial charge in [0.25, 0.3) is 5.56 Å². The van der Waals surface area contributed by atoms with Crippen LogP contribution in [0.1, 0.15) is 11.1 Å². The number of hydrogen-bond acceptors (Lipinski definition) is 2. The Bertz CT molecular complexity index is 1050. The zero-order chi connectivity index (χ0) is 19.6. The summed E-state index contributed by atoms with van der Waals surface area (Å²) >= 11 is 3.11. The largest absolute Gasteiger partial charge is 0.487 e. The van der Waals surface area contributed by atoms with Gasteiger partial charge in [-0.3, -0.25) is 4.79 Å². The lowest BCUT2D eigenvalue weighted by atomic mass is 10.2. The quantitative estimate of drug-likeness (QED) is 0.532. The lowest BCUT2D eigenvalue weighted by Crippen LogP contribution is -2.21. The molecule has 2 aromatic carbocycles. The van der Waals surface area contributed by atoms with Crippen molar-refractivity contribution < 1.29 is 22.3 Å². The number of halogens is 5. The Labute approximate surface area is 160 Å². The third kappa shape index (κ3) is 4.39. The minimum Gasteiger partial charge on any atom is -0.487 e. The molecule has 0 radical (unpaired) electrons. The van der Waals surface area contributed by atoms with Crippen LogP contribution in [0.2, 0.25) is 0 Å². The van der Waals surface area contributed by atoms with Crippen molar-refractivity contribution in [2.45, 2.75) is 13.2 Å². The van der Waals surface area contributed by atoms with E-state index in [9.17, 15) is 22.4 Å². The summed E-state index contributed by atoms with van der Waals surface area (Å²) in [6.45, 7) is -0.308. The molecule has 0 saturated carbocycles. The predicted octanol–water partition coefficient (Wildman–Crippen LogP) is 4.79. The van der Waals surface area contributed by atoms with E-state index in [2.05, 4.69) is 15.9 Å². The van der Waals surface area contributed by atoms with Crippen LogP contribution < -0.4 is 10.3 Å². The van der Waals surface area contributed by atoms with Crippen molar-refractivity contribution in [2.75, 3.05) is 0 Å². The molecule has 0 aliphatic heterocycles. The Kier molecular flexibility index (Phi) is 5.65. The molecule has 0 aliphatic rings. The van der Waals surface area contributed by atoms with Crippen LogP contribution in [0, 0.1) is 23.3 Å². The van der Waals surface area contributed by atoms with E-state index in [1.54, 1.807) is 0 Å². The Morgan fingerprint density at radius 2 is 1.48 bits per heavy atom. The Hall–Kier alpha value is -2.61. The van der Waals surface area contributed by atoms with Gasteiger partial charge in [-0.15, -0.1) is 0 Å². The van der Waals surface area contributed by atoms with E-state index in [1.807, 2.05) is 0 Å². The molecular weight excluding hydrogens is 430 g/mol. The van der Waals surface area contributed by atoms with E-state index in [4.69, 9.17) is 4.74 Å². The minimum atomic E-state index is -0.759. The van der Waals surface area contributed by atoms with Crippen LogP contribution >= 0.6 is 15.9 Å². The first kappa shape index (κ1) is 19.2. The van der Waals surface area contributed by atoms with Crippen LogP contribution in [0.15, 0.2) is 57.9 Å². The van der Waals surface area contributed by atoms with Gasteiger partial charge < -0.3 is 9.30 Å². The molecule has 0 amide bonds. The first-order chi connectivity index (χ1) is 12.8. The fourth-order valence-electron chi connectivity index (χ4n) is 2.39. The number of rotatable bonds is 5. The van der Waals surface area contributed by atoms with Crippen LogP contribution in [0.25, 0.3) is 0 Å². The lowest BCUT2D eigenvalue weighted by molar-refractivity contribution is 0.296. The van der Waals surface area contributed by atoms with E-state index in [0.717, 1.165) is 24.3 Å². The Morgan fingerprint density at radius 3 is 2.07 bits per heavy atom. The zero-order valence-corrected chi connectivity index (χ0v) is 15.3. The highest BCUT2D eigenvalue weighted by Gasteiger charge is 2.12. The fraction of sp³-hybridized carbons (Fsp3) is 0.105. The van der Waals surface area contributed by atoms with Crippen molar-refractivity contribution >= 4 is 15.9 Å². The van der Waals surface area contributed by atoms with Crippen LogP contribution in [0.4, 0.5) is 17.6 Å². The molecule has 0 saturated heterocycles. The van der Waals surface area contributed by atoms with Crippen molar-refractivity contribution in [3.8, 4) is 5.75 Å². The maximum absolute atomic E-state index is 13.8. The summed E-state index contributed by atoms with van der Waals surface area (Å²) in [6.07, 6.45) is 1.38. The van der Waals surface area contributed by atoms with Gasteiger partial charge in [0.15, 0.2) is 0 Å². The van der Waals surface area contributed by atoms with E-state index in [0.29, 0.717) is 0 Å². The van der Waals surface area contributed by atoms with Crippen molar-refractivity contribution in [2.24, 2.45) is 0 Å². The molecular formula is C19H12BrF4NO2. The molecule has 8 heteroatoms. The third-order valence-electron chi connectivity index (χ3n) is 3.82. The predicted molar refractivity (Wildman–Crippen MR) is 94.6 cm³/mol. The highest BCUT2D eigenvalue weighted by Crippen LogP contribution is 2.23. The summed E-state index contributed by atoms with van der Waals surface area (Å²) in [7, 11) is 0. The molecule has 0 fully saturated rings. The number of nitrogens with zero attached hydrogens (tertiary/aromatic N) is 1. The van der Waals surface area contributed by atoms with Crippen LogP contribution in [0.3, 0.4) is 0 Å². The molecule has 1 heterocycles. The average molecular weight is 442 g/mol. The van der Waals surface area contributed by atoms with Crippen molar-refractivity contribution in [1.29, 1.82) is 0 Å². The van der Waals surface area contributed by atoms with Gasteiger partial charge in [0, 0.05) is 29.5 Å².